The molecule has 0 heterocycles. The van der Waals surface area contributed by atoms with Crippen molar-refractivity contribution in [1.29, 1.82) is 0 Å². The normalized spacial score (nSPS) is 12.5. The molecule has 4 heteroatoms. The number of para-hydroxylation sites is 1. The molecular formula is C13H20N2O2. The van der Waals surface area contributed by atoms with Crippen LogP contribution in [0.3, 0.4) is 0 Å². The number of carbonyl (C=O) groups is 1. The first kappa shape index (κ1) is 13.5. The van der Waals surface area contributed by atoms with Crippen molar-refractivity contribution in [3.05, 3.63) is 29.8 Å². The van der Waals surface area contributed by atoms with Crippen molar-refractivity contribution in [3.8, 4) is 5.75 Å². The quantitative estimate of drug-likeness (QED) is 0.781. The summed E-state index contributed by atoms with van der Waals surface area (Å²) in [5.74, 6) is 0.784. The summed E-state index contributed by atoms with van der Waals surface area (Å²) in [5, 5.41) is 2.82. The van der Waals surface area contributed by atoms with Gasteiger partial charge in [-0.1, -0.05) is 32.0 Å². The Morgan fingerprint density at radius 3 is 2.59 bits per heavy atom. The minimum Gasteiger partial charge on any atom is -0.491 e. The highest BCUT2D eigenvalue weighted by atomic mass is 16.5. The van der Waals surface area contributed by atoms with Gasteiger partial charge in [0.2, 0.25) is 5.91 Å². The van der Waals surface area contributed by atoms with E-state index in [1.165, 1.54) is 0 Å². The van der Waals surface area contributed by atoms with Crippen LogP contribution in [0.1, 0.15) is 25.3 Å². The molecule has 0 radical (unpaired) electrons. The summed E-state index contributed by atoms with van der Waals surface area (Å²) >= 11 is 0. The smallest absolute Gasteiger partial charge is 0.238 e. The summed E-state index contributed by atoms with van der Waals surface area (Å²) in [6.07, 6.45) is 0. The summed E-state index contributed by atoms with van der Waals surface area (Å²) in [6, 6.07) is 7.36. The number of carbonyl (C=O) groups excluding carboxylic acids is 1. The Morgan fingerprint density at radius 2 is 2.06 bits per heavy atom. The molecule has 3 N–H and O–H groups in total. The Bertz CT molecular complexity index is 377. The minimum atomic E-state index is -0.463. The third kappa shape index (κ3) is 3.75. The van der Waals surface area contributed by atoms with E-state index in [-0.39, 0.29) is 6.61 Å². The molecule has 4 nitrogen and oxygen atoms in total. The van der Waals surface area contributed by atoms with E-state index in [2.05, 4.69) is 19.2 Å². The predicted octanol–water partition coefficient (Wildman–Crippen LogP) is 1.26. The lowest BCUT2D eigenvalue weighted by atomic mass is 10.0. The van der Waals surface area contributed by atoms with Crippen LogP contribution < -0.4 is 15.8 Å². The van der Waals surface area contributed by atoms with Gasteiger partial charge >= 0.3 is 0 Å². The fourth-order valence-corrected chi connectivity index (χ4v) is 1.57. The van der Waals surface area contributed by atoms with Crippen molar-refractivity contribution in [2.45, 2.75) is 25.8 Å². The van der Waals surface area contributed by atoms with Gasteiger partial charge in [0.25, 0.3) is 0 Å². The van der Waals surface area contributed by atoms with Crippen molar-refractivity contribution in [2.24, 2.45) is 5.73 Å². The molecule has 94 valence electrons. The van der Waals surface area contributed by atoms with Crippen molar-refractivity contribution >= 4 is 5.91 Å². The fourth-order valence-electron chi connectivity index (χ4n) is 1.57. The molecule has 0 spiro atoms. The molecule has 1 aromatic rings. The number of ether oxygens (including phenoxy) is 1. The Hall–Kier alpha value is -1.55. The monoisotopic (exact) mass is 236 g/mol. The van der Waals surface area contributed by atoms with Crippen LogP contribution in [-0.2, 0) is 4.79 Å². The van der Waals surface area contributed by atoms with Crippen LogP contribution in [0.2, 0.25) is 0 Å². The standard InChI is InChI=1S/C13H20N2O2/c1-9(2)10-6-4-5-7-12(10)17-8-11(15-3)13(14)16/h4-7,9,11,15H,8H2,1-3H3,(H2,14,16). The van der Waals surface area contributed by atoms with Crippen LogP contribution in [0.15, 0.2) is 24.3 Å². The summed E-state index contributed by atoms with van der Waals surface area (Å²) in [4.78, 5) is 11.1. The second-order valence-electron chi connectivity index (χ2n) is 4.25. The highest BCUT2D eigenvalue weighted by molar-refractivity contribution is 5.79. The number of rotatable bonds is 6. The SMILES string of the molecule is CNC(COc1ccccc1C(C)C)C(N)=O. The highest BCUT2D eigenvalue weighted by Crippen LogP contribution is 2.25. The lowest BCUT2D eigenvalue weighted by Gasteiger charge is -2.17. The molecule has 1 aromatic carbocycles. The average molecular weight is 236 g/mol. The lowest BCUT2D eigenvalue weighted by molar-refractivity contribution is -0.120. The second kappa shape index (κ2) is 6.25. The van der Waals surface area contributed by atoms with E-state index in [4.69, 9.17) is 10.5 Å². The van der Waals surface area contributed by atoms with E-state index < -0.39 is 11.9 Å². The lowest BCUT2D eigenvalue weighted by Crippen LogP contribution is -2.43. The van der Waals surface area contributed by atoms with E-state index in [1.807, 2.05) is 24.3 Å². The van der Waals surface area contributed by atoms with E-state index in [0.29, 0.717) is 5.92 Å². The van der Waals surface area contributed by atoms with Gasteiger partial charge in [-0.2, -0.15) is 0 Å². The van der Waals surface area contributed by atoms with Crippen molar-refractivity contribution in [1.82, 2.24) is 5.32 Å². The van der Waals surface area contributed by atoms with Crippen LogP contribution in [0.5, 0.6) is 5.75 Å². The number of nitrogens with one attached hydrogen (secondary N) is 1. The zero-order valence-electron chi connectivity index (χ0n) is 10.6. The summed E-state index contributed by atoms with van der Waals surface area (Å²) in [7, 11) is 1.69. The summed E-state index contributed by atoms with van der Waals surface area (Å²) in [6.45, 7) is 4.45. The van der Waals surface area contributed by atoms with E-state index in [0.717, 1.165) is 11.3 Å². The van der Waals surface area contributed by atoms with E-state index >= 15 is 0 Å². The van der Waals surface area contributed by atoms with Crippen LogP contribution in [0.25, 0.3) is 0 Å². The number of nitrogens with two attached hydrogens (primary N) is 1. The molecule has 1 atom stereocenters. The number of amides is 1. The maximum Gasteiger partial charge on any atom is 0.238 e. The molecule has 0 aliphatic carbocycles. The first-order chi connectivity index (χ1) is 8.06. The van der Waals surface area contributed by atoms with Gasteiger partial charge in [0.05, 0.1) is 0 Å². The molecular weight excluding hydrogens is 216 g/mol. The molecule has 0 aromatic heterocycles. The van der Waals surface area contributed by atoms with E-state index in [9.17, 15) is 4.79 Å². The zero-order chi connectivity index (χ0) is 12.8. The number of primary amides is 1. The first-order valence-electron chi connectivity index (χ1n) is 5.74. The molecule has 1 unspecified atom stereocenters. The van der Waals surface area contributed by atoms with Gasteiger partial charge in [-0.05, 0) is 24.6 Å². The summed E-state index contributed by atoms with van der Waals surface area (Å²) < 4.78 is 5.65. The molecule has 0 saturated carbocycles. The van der Waals surface area contributed by atoms with Crippen molar-refractivity contribution in [3.63, 3.8) is 0 Å². The topological polar surface area (TPSA) is 64.3 Å². The molecule has 0 saturated heterocycles. The van der Waals surface area contributed by atoms with Crippen molar-refractivity contribution < 1.29 is 9.53 Å². The molecule has 0 aliphatic heterocycles. The summed E-state index contributed by atoms with van der Waals surface area (Å²) in [5.41, 5.74) is 6.36. The number of likely N-dealkylation sites (N-methyl/N-ethyl adjacent to an activating group) is 1. The van der Waals surface area contributed by atoms with Gasteiger partial charge < -0.3 is 15.8 Å². The molecule has 1 rings (SSSR count). The van der Waals surface area contributed by atoms with Gasteiger partial charge in [0.1, 0.15) is 18.4 Å². The molecule has 1 amide bonds. The maximum absolute atomic E-state index is 11.1. The van der Waals surface area contributed by atoms with Gasteiger partial charge in [-0.25, -0.2) is 0 Å². The maximum atomic E-state index is 11.1. The van der Waals surface area contributed by atoms with E-state index in [1.54, 1.807) is 7.05 Å². The largest absolute Gasteiger partial charge is 0.491 e. The Labute approximate surface area is 102 Å². The third-order valence-electron chi connectivity index (χ3n) is 2.64. The number of benzene rings is 1. The van der Waals surface area contributed by atoms with Gasteiger partial charge in [0, 0.05) is 0 Å². The van der Waals surface area contributed by atoms with Gasteiger partial charge in [0.15, 0.2) is 0 Å². The van der Waals surface area contributed by atoms with Crippen LogP contribution >= 0.6 is 0 Å². The number of hydrogen-bond acceptors (Lipinski definition) is 3. The Balaban J connectivity index is 2.71. The van der Waals surface area contributed by atoms with Gasteiger partial charge in [-0.3, -0.25) is 4.79 Å². The first-order valence-corrected chi connectivity index (χ1v) is 5.74. The highest BCUT2D eigenvalue weighted by Gasteiger charge is 2.14. The molecule has 0 bridgehead atoms. The van der Waals surface area contributed by atoms with Crippen LogP contribution in [0, 0.1) is 0 Å². The Morgan fingerprint density at radius 1 is 1.41 bits per heavy atom. The predicted molar refractivity (Wildman–Crippen MR) is 68.1 cm³/mol. The molecule has 17 heavy (non-hydrogen) atoms. The fraction of sp³-hybridized carbons (Fsp3) is 0.462. The number of hydrogen-bond donors (Lipinski definition) is 2. The molecule has 0 fully saturated rings. The Kier molecular flexibility index (Phi) is 4.97. The second-order valence-corrected chi connectivity index (χ2v) is 4.25. The van der Waals surface area contributed by atoms with Crippen molar-refractivity contribution in [2.75, 3.05) is 13.7 Å². The molecule has 0 aliphatic rings. The average Bonchev–Trinajstić information content (AvgIpc) is 2.29. The van der Waals surface area contributed by atoms with Crippen LogP contribution in [0.4, 0.5) is 0 Å². The van der Waals surface area contributed by atoms with Crippen LogP contribution in [-0.4, -0.2) is 25.6 Å². The van der Waals surface area contributed by atoms with Gasteiger partial charge in [-0.15, -0.1) is 0 Å². The third-order valence-corrected chi connectivity index (χ3v) is 2.64. The minimum absolute atomic E-state index is 0.246. The zero-order valence-corrected chi connectivity index (χ0v) is 10.6.